The number of nitrogens with two attached hydrogens (primary N) is 1. The van der Waals surface area contributed by atoms with Crippen LogP contribution in [0.1, 0.15) is 77.6 Å². The van der Waals surface area contributed by atoms with Crippen molar-refractivity contribution in [1.82, 2.24) is 5.32 Å². The molecule has 0 aromatic heterocycles. The summed E-state index contributed by atoms with van der Waals surface area (Å²) in [6, 6.07) is 0. The highest BCUT2D eigenvalue weighted by Crippen LogP contribution is 2.52. The van der Waals surface area contributed by atoms with Crippen LogP contribution in [0.25, 0.3) is 0 Å². The zero-order valence-electron chi connectivity index (χ0n) is 16.7. The minimum Gasteiger partial charge on any atom is -0.370 e. The first-order chi connectivity index (χ1) is 13.0. The van der Waals surface area contributed by atoms with Crippen LogP contribution in [0.3, 0.4) is 0 Å². The van der Waals surface area contributed by atoms with Crippen molar-refractivity contribution in [3.05, 3.63) is 0 Å². The van der Waals surface area contributed by atoms with Gasteiger partial charge in [-0.3, -0.25) is 4.79 Å². The van der Waals surface area contributed by atoms with E-state index in [2.05, 4.69) is 12.2 Å². The molecule has 1 aliphatic heterocycles. The van der Waals surface area contributed by atoms with E-state index in [0.29, 0.717) is 24.8 Å². The summed E-state index contributed by atoms with van der Waals surface area (Å²) < 4.78 is 6.56. The van der Waals surface area contributed by atoms with Crippen LogP contribution < -0.4 is 11.1 Å². The van der Waals surface area contributed by atoms with Crippen molar-refractivity contribution >= 4 is 5.91 Å². The Bertz CT molecular complexity index is 522. The lowest BCUT2D eigenvalue weighted by Crippen LogP contribution is -2.45. The summed E-state index contributed by atoms with van der Waals surface area (Å²) >= 11 is 0. The molecular weight excluding hydrogens is 344 g/mol. The third-order valence-corrected chi connectivity index (χ3v) is 7.46. The zero-order chi connectivity index (χ0) is 18.9. The summed E-state index contributed by atoms with van der Waals surface area (Å²) in [5.41, 5.74) is 5.18. The first kappa shape index (κ1) is 19.6. The average Bonchev–Trinajstić information content (AvgIpc) is 2.98. The van der Waals surface area contributed by atoms with Crippen LogP contribution in [0.5, 0.6) is 0 Å². The van der Waals surface area contributed by atoms with Crippen molar-refractivity contribution in [2.75, 3.05) is 13.1 Å². The summed E-state index contributed by atoms with van der Waals surface area (Å²) in [6.45, 7) is 3.69. The van der Waals surface area contributed by atoms with Gasteiger partial charge in [0.15, 0.2) is 0 Å². The number of hydrogen-bond donors (Lipinski definition) is 2. The minimum atomic E-state index is -0.583. The fourth-order valence-electron chi connectivity index (χ4n) is 5.90. The highest BCUT2D eigenvalue weighted by molar-refractivity contribution is 5.73. The molecule has 0 aromatic carbocycles. The van der Waals surface area contributed by atoms with Gasteiger partial charge >= 0.3 is 0 Å². The molecule has 3 N–H and O–H groups in total. The van der Waals surface area contributed by atoms with Crippen molar-refractivity contribution < 1.29 is 19.3 Å². The second-order valence-electron chi connectivity index (χ2n) is 9.63. The standard InChI is InChI=1S/C21H36N2O4/c1-20(18-12-16-3-2-4-17(11-16)13-18)25-21(27-26-20)8-5-15(6-9-21)14-23-10-7-19(22)24/h15-18,23H,2-14H2,1H3,(H2,22,24)/t15-,16?,17?,18?,20-,21+/m0/s1. The number of nitrogens with one attached hydrogen (secondary N) is 1. The van der Waals surface area contributed by atoms with Crippen molar-refractivity contribution in [2.45, 2.75) is 89.1 Å². The second kappa shape index (κ2) is 7.97. The normalized spacial score (nSPS) is 44.5. The third kappa shape index (κ3) is 4.50. The van der Waals surface area contributed by atoms with Crippen LogP contribution in [0, 0.1) is 23.7 Å². The molecule has 4 rings (SSSR count). The number of rotatable bonds is 6. The maximum Gasteiger partial charge on any atom is 0.218 e. The van der Waals surface area contributed by atoms with Gasteiger partial charge in [0.2, 0.25) is 17.5 Å². The molecule has 1 spiro atoms. The molecule has 1 amide bonds. The summed E-state index contributed by atoms with van der Waals surface area (Å²) in [5, 5.41) is 3.34. The molecule has 2 bridgehead atoms. The van der Waals surface area contributed by atoms with Gasteiger partial charge in [0.25, 0.3) is 0 Å². The molecule has 2 unspecified atom stereocenters. The summed E-state index contributed by atoms with van der Waals surface area (Å²) in [4.78, 5) is 22.6. The number of carbonyl (C=O) groups is 1. The summed E-state index contributed by atoms with van der Waals surface area (Å²) in [5.74, 6) is 1.37. The first-order valence-corrected chi connectivity index (χ1v) is 11.0. The molecule has 1 heterocycles. The Morgan fingerprint density at radius 2 is 1.78 bits per heavy atom. The topological polar surface area (TPSA) is 82.8 Å². The SMILES string of the molecule is C[C@@]1(C2CC3CCCC(C3)C2)OO[C@]2(CC[C@@H](CNCCC(N)=O)CC2)O1. The molecule has 3 saturated carbocycles. The van der Waals surface area contributed by atoms with E-state index in [9.17, 15) is 4.79 Å². The molecule has 6 nitrogen and oxygen atoms in total. The molecule has 27 heavy (non-hydrogen) atoms. The van der Waals surface area contributed by atoms with Gasteiger partial charge in [-0.2, -0.15) is 9.78 Å². The van der Waals surface area contributed by atoms with Crippen LogP contribution in [-0.4, -0.2) is 30.6 Å². The Morgan fingerprint density at radius 1 is 1.07 bits per heavy atom. The van der Waals surface area contributed by atoms with E-state index in [4.69, 9.17) is 20.2 Å². The van der Waals surface area contributed by atoms with Gasteiger partial charge < -0.3 is 15.8 Å². The van der Waals surface area contributed by atoms with E-state index >= 15 is 0 Å². The average molecular weight is 381 g/mol. The highest BCUT2D eigenvalue weighted by Gasteiger charge is 2.56. The number of amides is 1. The first-order valence-electron chi connectivity index (χ1n) is 11.0. The largest absolute Gasteiger partial charge is 0.370 e. The molecule has 154 valence electrons. The van der Waals surface area contributed by atoms with Gasteiger partial charge in [0.05, 0.1) is 0 Å². The van der Waals surface area contributed by atoms with Crippen molar-refractivity contribution in [1.29, 1.82) is 0 Å². The van der Waals surface area contributed by atoms with Gasteiger partial charge in [-0.25, -0.2) is 0 Å². The number of hydrogen-bond acceptors (Lipinski definition) is 5. The van der Waals surface area contributed by atoms with E-state index in [1.807, 2.05) is 0 Å². The number of ether oxygens (including phenoxy) is 1. The Hall–Kier alpha value is -0.690. The molecule has 0 aromatic rings. The third-order valence-electron chi connectivity index (χ3n) is 7.46. The number of carbonyl (C=O) groups excluding carboxylic acids is 1. The van der Waals surface area contributed by atoms with E-state index < -0.39 is 11.6 Å². The molecule has 4 aliphatic rings. The van der Waals surface area contributed by atoms with Crippen LogP contribution >= 0.6 is 0 Å². The second-order valence-corrected chi connectivity index (χ2v) is 9.63. The van der Waals surface area contributed by atoms with Crippen LogP contribution in [0.15, 0.2) is 0 Å². The monoisotopic (exact) mass is 380 g/mol. The Balaban J connectivity index is 1.26. The van der Waals surface area contributed by atoms with Crippen molar-refractivity contribution in [2.24, 2.45) is 29.4 Å². The van der Waals surface area contributed by atoms with E-state index in [0.717, 1.165) is 44.1 Å². The lowest BCUT2D eigenvalue weighted by molar-refractivity contribution is -0.362. The van der Waals surface area contributed by atoms with Crippen molar-refractivity contribution in [3.8, 4) is 0 Å². The number of fused-ring (bicyclic) bond motifs is 2. The zero-order valence-corrected chi connectivity index (χ0v) is 16.7. The van der Waals surface area contributed by atoms with Gasteiger partial charge in [-0.15, -0.1) is 0 Å². The van der Waals surface area contributed by atoms with E-state index in [1.54, 1.807) is 0 Å². The summed E-state index contributed by atoms with van der Waals surface area (Å²) in [7, 11) is 0. The Labute approximate surface area is 162 Å². The maximum atomic E-state index is 10.8. The fraction of sp³-hybridized carbons (Fsp3) is 0.952. The van der Waals surface area contributed by atoms with Gasteiger partial charge in [-0.1, -0.05) is 19.3 Å². The summed E-state index contributed by atoms with van der Waals surface area (Å²) in [6.07, 6.45) is 12.3. The molecule has 0 radical (unpaired) electrons. The molecule has 1 saturated heterocycles. The van der Waals surface area contributed by atoms with Crippen LogP contribution in [0.2, 0.25) is 0 Å². The van der Waals surface area contributed by atoms with Gasteiger partial charge in [0, 0.05) is 31.7 Å². The van der Waals surface area contributed by atoms with Gasteiger partial charge in [-0.05, 0) is 63.3 Å². The quantitative estimate of drug-likeness (QED) is 0.546. The van der Waals surface area contributed by atoms with E-state index in [1.165, 1.54) is 38.5 Å². The molecule has 3 atom stereocenters. The fourth-order valence-corrected chi connectivity index (χ4v) is 5.90. The minimum absolute atomic E-state index is 0.249. The van der Waals surface area contributed by atoms with Crippen molar-refractivity contribution in [3.63, 3.8) is 0 Å². The van der Waals surface area contributed by atoms with Gasteiger partial charge in [0.1, 0.15) is 0 Å². The number of primary amides is 1. The van der Waals surface area contributed by atoms with Crippen LogP contribution in [0.4, 0.5) is 0 Å². The molecular formula is C21H36N2O4. The lowest BCUT2D eigenvalue weighted by atomic mass is 9.66. The maximum absolute atomic E-state index is 10.8. The predicted molar refractivity (Wildman–Crippen MR) is 101 cm³/mol. The molecule has 6 heteroatoms. The molecule has 4 fully saturated rings. The van der Waals surface area contributed by atoms with Crippen LogP contribution in [-0.2, 0) is 19.3 Å². The smallest absolute Gasteiger partial charge is 0.218 e. The molecule has 3 aliphatic carbocycles. The lowest BCUT2D eigenvalue weighted by Gasteiger charge is -2.44. The van der Waals surface area contributed by atoms with E-state index in [-0.39, 0.29) is 5.91 Å². The Morgan fingerprint density at radius 3 is 2.44 bits per heavy atom. The highest BCUT2D eigenvalue weighted by atomic mass is 17.3. The Kier molecular flexibility index (Phi) is 5.79. The predicted octanol–water partition coefficient (Wildman–Crippen LogP) is 3.25.